The number of pyridine rings is 1. The van der Waals surface area contributed by atoms with Crippen molar-refractivity contribution in [1.82, 2.24) is 14.8 Å². The number of carbonyl (C=O) groups excluding carboxylic acids is 1. The van der Waals surface area contributed by atoms with Crippen molar-refractivity contribution in [3.8, 4) is 0 Å². The molecule has 0 spiro atoms. The van der Waals surface area contributed by atoms with Gasteiger partial charge in [-0.1, -0.05) is 29.8 Å². The Morgan fingerprint density at radius 1 is 1.06 bits per heavy atom. The highest BCUT2D eigenvalue weighted by atomic mass is 35.5. The van der Waals surface area contributed by atoms with Crippen LogP contribution < -0.4 is 4.90 Å². The third-order valence-corrected chi connectivity index (χ3v) is 6.82. The Hall–Kier alpha value is -2.39. The number of rotatable bonds is 4. The van der Waals surface area contributed by atoms with Crippen LogP contribution in [0.15, 0.2) is 36.5 Å². The topological polar surface area (TPSA) is 39.7 Å². The molecule has 0 unspecified atom stereocenters. The Morgan fingerprint density at radius 3 is 2.47 bits per heavy atom. The third kappa shape index (κ3) is 5.81. The van der Waals surface area contributed by atoms with Gasteiger partial charge in [-0.2, -0.15) is 13.2 Å². The average Bonchev–Trinajstić information content (AvgIpc) is 3.05. The molecule has 2 saturated heterocycles. The number of nitrogens with zero attached hydrogens (tertiary/aromatic N) is 4. The van der Waals surface area contributed by atoms with Crippen LogP contribution in [-0.2, 0) is 17.5 Å². The molecular formula is C24H27ClF4N4O. The third-order valence-electron chi connectivity index (χ3n) is 6.54. The molecule has 1 aromatic carbocycles. The van der Waals surface area contributed by atoms with Crippen molar-refractivity contribution in [2.45, 2.75) is 32.0 Å². The van der Waals surface area contributed by atoms with Gasteiger partial charge in [-0.05, 0) is 31.4 Å². The molecule has 0 saturated carbocycles. The summed E-state index contributed by atoms with van der Waals surface area (Å²) in [7, 11) is 0. The molecule has 0 radical (unpaired) electrons. The molecule has 0 N–H and O–H groups in total. The van der Waals surface area contributed by atoms with Crippen LogP contribution in [0.5, 0.6) is 0 Å². The zero-order chi connectivity index (χ0) is 24.3. The standard InChI is InChI=1S/C24H27ClF4N4O/c25-20-14-19(24(27,28)29)15-30-22(20)32-10-6-17(7-11-32)23(34)33-9-3-8-31(12-13-33)16-18-4-1-2-5-21(18)26/h1-2,4-5,14-15,17H,3,6-13,16H2. The number of benzene rings is 1. The largest absolute Gasteiger partial charge is 0.417 e. The Bertz CT molecular complexity index is 1010. The molecule has 0 atom stereocenters. The van der Waals surface area contributed by atoms with Crippen LogP contribution in [-0.4, -0.2) is 60.0 Å². The van der Waals surface area contributed by atoms with Crippen LogP contribution in [0.2, 0.25) is 5.02 Å². The van der Waals surface area contributed by atoms with Crippen LogP contribution in [0.4, 0.5) is 23.4 Å². The van der Waals surface area contributed by atoms with Gasteiger partial charge in [0.2, 0.25) is 5.91 Å². The monoisotopic (exact) mass is 498 g/mol. The fraction of sp³-hybridized carbons (Fsp3) is 0.500. The van der Waals surface area contributed by atoms with Gasteiger partial charge in [-0.25, -0.2) is 9.37 Å². The smallest absolute Gasteiger partial charge is 0.355 e. The number of piperidine rings is 1. The molecule has 184 valence electrons. The zero-order valence-electron chi connectivity index (χ0n) is 18.7. The lowest BCUT2D eigenvalue weighted by atomic mass is 9.95. The van der Waals surface area contributed by atoms with Crippen LogP contribution in [0.25, 0.3) is 0 Å². The Kier molecular flexibility index (Phi) is 7.62. The van der Waals surface area contributed by atoms with E-state index in [1.807, 2.05) is 15.9 Å². The van der Waals surface area contributed by atoms with E-state index in [2.05, 4.69) is 9.88 Å². The summed E-state index contributed by atoms with van der Waals surface area (Å²) in [4.78, 5) is 23.0. The maximum absolute atomic E-state index is 14.0. The molecular weight excluding hydrogens is 472 g/mol. The van der Waals surface area contributed by atoms with E-state index in [4.69, 9.17) is 11.6 Å². The van der Waals surface area contributed by atoms with Gasteiger partial charge in [0.1, 0.15) is 11.6 Å². The number of anilines is 1. The summed E-state index contributed by atoms with van der Waals surface area (Å²) in [5.41, 5.74) is -0.221. The van der Waals surface area contributed by atoms with Crippen LogP contribution in [0.1, 0.15) is 30.4 Å². The summed E-state index contributed by atoms with van der Waals surface area (Å²) in [6.45, 7) is 4.27. The number of alkyl halides is 3. The van der Waals surface area contributed by atoms with Gasteiger partial charge in [-0.3, -0.25) is 9.69 Å². The van der Waals surface area contributed by atoms with Gasteiger partial charge in [-0.15, -0.1) is 0 Å². The minimum absolute atomic E-state index is 0.0398. The summed E-state index contributed by atoms with van der Waals surface area (Å²) < 4.78 is 52.6. The maximum Gasteiger partial charge on any atom is 0.417 e. The summed E-state index contributed by atoms with van der Waals surface area (Å²) in [6, 6.07) is 7.64. The minimum Gasteiger partial charge on any atom is -0.355 e. The highest BCUT2D eigenvalue weighted by Gasteiger charge is 2.34. The first-order valence-corrected chi connectivity index (χ1v) is 11.8. The molecule has 2 aliphatic heterocycles. The lowest BCUT2D eigenvalue weighted by Gasteiger charge is -2.35. The van der Waals surface area contributed by atoms with Crippen molar-refractivity contribution in [2.24, 2.45) is 5.92 Å². The fourth-order valence-corrected chi connectivity index (χ4v) is 4.92. The van der Waals surface area contributed by atoms with Gasteiger partial charge in [0.25, 0.3) is 0 Å². The van der Waals surface area contributed by atoms with Gasteiger partial charge in [0.15, 0.2) is 0 Å². The van der Waals surface area contributed by atoms with E-state index in [1.54, 1.807) is 12.1 Å². The van der Waals surface area contributed by atoms with Crippen molar-refractivity contribution < 1.29 is 22.4 Å². The molecule has 3 heterocycles. The number of amides is 1. The zero-order valence-corrected chi connectivity index (χ0v) is 19.5. The van der Waals surface area contributed by atoms with Gasteiger partial charge < -0.3 is 9.80 Å². The number of hydrogen-bond acceptors (Lipinski definition) is 4. The minimum atomic E-state index is -4.49. The second kappa shape index (κ2) is 10.5. The predicted molar refractivity (Wildman–Crippen MR) is 122 cm³/mol. The number of carbonyl (C=O) groups is 1. The normalized spacial score (nSPS) is 18.7. The molecule has 5 nitrogen and oxygen atoms in total. The molecule has 2 aromatic rings. The van der Waals surface area contributed by atoms with Crippen molar-refractivity contribution >= 4 is 23.3 Å². The summed E-state index contributed by atoms with van der Waals surface area (Å²) >= 11 is 6.08. The molecule has 0 aliphatic carbocycles. The average molecular weight is 499 g/mol. The van der Waals surface area contributed by atoms with Crippen LogP contribution >= 0.6 is 11.6 Å². The van der Waals surface area contributed by atoms with Crippen molar-refractivity contribution in [3.05, 3.63) is 58.5 Å². The molecule has 2 aliphatic rings. The quantitative estimate of drug-likeness (QED) is 0.565. The highest BCUT2D eigenvalue weighted by Crippen LogP contribution is 2.35. The summed E-state index contributed by atoms with van der Waals surface area (Å²) in [5, 5.41) is -0.0398. The first kappa shape index (κ1) is 24.7. The van der Waals surface area contributed by atoms with Crippen LogP contribution in [0.3, 0.4) is 0 Å². The number of aromatic nitrogens is 1. The lowest BCUT2D eigenvalue weighted by molar-refractivity contribution is -0.138. The van der Waals surface area contributed by atoms with Crippen molar-refractivity contribution in [3.63, 3.8) is 0 Å². The number of hydrogen-bond donors (Lipinski definition) is 0. The Balaban J connectivity index is 1.30. The van der Waals surface area contributed by atoms with E-state index in [9.17, 15) is 22.4 Å². The molecule has 1 amide bonds. The van der Waals surface area contributed by atoms with E-state index in [0.29, 0.717) is 63.5 Å². The van der Waals surface area contributed by atoms with Gasteiger partial charge >= 0.3 is 6.18 Å². The summed E-state index contributed by atoms with van der Waals surface area (Å²) in [6.07, 6.45) is -1.69. The van der Waals surface area contributed by atoms with Gasteiger partial charge in [0.05, 0.1) is 10.6 Å². The fourth-order valence-electron chi connectivity index (χ4n) is 4.63. The molecule has 10 heteroatoms. The summed E-state index contributed by atoms with van der Waals surface area (Å²) in [5.74, 6) is 0.0784. The van der Waals surface area contributed by atoms with E-state index in [0.717, 1.165) is 25.2 Å². The molecule has 1 aromatic heterocycles. The molecule has 34 heavy (non-hydrogen) atoms. The van der Waals surface area contributed by atoms with E-state index >= 15 is 0 Å². The Labute approximate surface area is 201 Å². The van der Waals surface area contributed by atoms with Gasteiger partial charge in [0, 0.05) is 63.5 Å². The van der Waals surface area contributed by atoms with E-state index < -0.39 is 11.7 Å². The maximum atomic E-state index is 14.0. The Morgan fingerprint density at radius 2 is 1.79 bits per heavy atom. The predicted octanol–water partition coefficient (Wildman–Crippen LogP) is 4.84. The van der Waals surface area contributed by atoms with E-state index in [-0.39, 0.29) is 22.7 Å². The first-order chi connectivity index (χ1) is 16.2. The number of halogens is 5. The molecule has 2 fully saturated rings. The lowest BCUT2D eigenvalue weighted by Crippen LogP contribution is -2.44. The van der Waals surface area contributed by atoms with E-state index in [1.165, 1.54) is 6.07 Å². The second-order valence-electron chi connectivity index (χ2n) is 8.83. The van der Waals surface area contributed by atoms with Crippen molar-refractivity contribution in [1.29, 1.82) is 0 Å². The molecule has 4 rings (SSSR count). The SMILES string of the molecule is O=C(C1CCN(c2ncc(C(F)(F)F)cc2Cl)CC1)N1CCCN(Cc2ccccc2F)CC1. The van der Waals surface area contributed by atoms with Crippen molar-refractivity contribution in [2.75, 3.05) is 44.2 Å². The highest BCUT2D eigenvalue weighted by molar-refractivity contribution is 6.33. The first-order valence-electron chi connectivity index (χ1n) is 11.4. The second-order valence-corrected chi connectivity index (χ2v) is 9.24. The van der Waals surface area contributed by atoms with Crippen LogP contribution in [0, 0.1) is 11.7 Å². The molecule has 0 bridgehead atoms.